The molecule has 0 bridgehead atoms. The number of hydrogen-bond donors (Lipinski definition) is 0. The van der Waals surface area contributed by atoms with Crippen molar-refractivity contribution in [3.8, 4) is 0 Å². The van der Waals surface area contributed by atoms with Crippen LogP contribution in [0.2, 0.25) is 0 Å². The SMILES string of the molecule is C1=CCC(CN2CCCCC2)(c2ccccc2)C=C1. The van der Waals surface area contributed by atoms with Gasteiger partial charge in [0.2, 0.25) is 0 Å². The molecule has 1 heteroatoms. The maximum Gasteiger partial charge on any atom is 0.0297 e. The van der Waals surface area contributed by atoms with Crippen LogP contribution >= 0.6 is 0 Å². The van der Waals surface area contributed by atoms with E-state index in [0.717, 1.165) is 13.0 Å². The number of piperidine rings is 1. The molecule has 0 radical (unpaired) electrons. The number of benzene rings is 1. The summed E-state index contributed by atoms with van der Waals surface area (Å²) >= 11 is 0. The third-order valence-electron chi connectivity index (χ3n) is 4.45. The second-order valence-corrected chi connectivity index (χ2v) is 5.85. The highest BCUT2D eigenvalue weighted by Gasteiger charge is 2.31. The lowest BCUT2D eigenvalue weighted by molar-refractivity contribution is 0.193. The molecular formula is C18H23N. The number of allylic oxidation sites excluding steroid dienone is 3. The highest BCUT2D eigenvalue weighted by molar-refractivity contribution is 5.36. The molecular weight excluding hydrogens is 230 g/mol. The van der Waals surface area contributed by atoms with Crippen molar-refractivity contribution in [2.75, 3.05) is 19.6 Å². The summed E-state index contributed by atoms with van der Waals surface area (Å²) in [5.41, 5.74) is 1.65. The van der Waals surface area contributed by atoms with Crippen molar-refractivity contribution in [2.45, 2.75) is 31.1 Å². The maximum absolute atomic E-state index is 2.65. The van der Waals surface area contributed by atoms with Gasteiger partial charge in [0.15, 0.2) is 0 Å². The number of rotatable bonds is 3. The Morgan fingerprint density at radius 2 is 1.74 bits per heavy atom. The van der Waals surface area contributed by atoms with Gasteiger partial charge in [0.25, 0.3) is 0 Å². The summed E-state index contributed by atoms with van der Waals surface area (Å²) < 4.78 is 0. The van der Waals surface area contributed by atoms with Crippen molar-refractivity contribution in [3.63, 3.8) is 0 Å². The lowest BCUT2D eigenvalue weighted by Gasteiger charge is -2.39. The van der Waals surface area contributed by atoms with Crippen molar-refractivity contribution < 1.29 is 0 Å². The lowest BCUT2D eigenvalue weighted by atomic mass is 9.75. The fourth-order valence-corrected chi connectivity index (χ4v) is 3.37. The Bertz CT molecular complexity index is 454. The molecule has 1 nitrogen and oxygen atoms in total. The molecule has 0 N–H and O–H groups in total. The molecule has 1 heterocycles. The van der Waals surface area contributed by atoms with E-state index in [1.54, 1.807) is 0 Å². The third-order valence-corrected chi connectivity index (χ3v) is 4.45. The minimum absolute atomic E-state index is 0.188. The van der Waals surface area contributed by atoms with E-state index in [1.165, 1.54) is 37.9 Å². The van der Waals surface area contributed by atoms with Gasteiger partial charge < -0.3 is 4.90 Å². The highest BCUT2D eigenvalue weighted by atomic mass is 15.1. The van der Waals surface area contributed by atoms with Crippen LogP contribution in [0.15, 0.2) is 54.6 Å². The molecule has 1 unspecified atom stereocenters. The molecule has 0 amide bonds. The summed E-state index contributed by atoms with van der Waals surface area (Å²) in [6.07, 6.45) is 14.4. The van der Waals surface area contributed by atoms with E-state index in [2.05, 4.69) is 59.5 Å². The maximum atomic E-state index is 2.65. The van der Waals surface area contributed by atoms with Crippen LogP contribution in [0.5, 0.6) is 0 Å². The van der Waals surface area contributed by atoms with Crippen LogP contribution in [0.25, 0.3) is 0 Å². The Balaban J connectivity index is 1.85. The molecule has 100 valence electrons. The molecule has 3 rings (SSSR count). The predicted molar refractivity (Wildman–Crippen MR) is 81.3 cm³/mol. The zero-order valence-corrected chi connectivity index (χ0v) is 11.6. The monoisotopic (exact) mass is 253 g/mol. The van der Waals surface area contributed by atoms with Crippen molar-refractivity contribution in [2.24, 2.45) is 0 Å². The van der Waals surface area contributed by atoms with E-state index in [4.69, 9.17) is 0 Å². The van der Waals surface area contributed by atoms with Gasteiger partial charge in [-0.15, -0.1) is 0 Å². The van der Waals surface area contributed by atoms with Gasteiger partial charge in [-0.25, -0.2) is 0 Å². The summed E-state index contributed by atoms with van der Waals surface area (Å²) in [5, 5.41) is 0. The molecule has 1 saturated heterocycles. The van der Waals surface area contributed by atoms with E-state index >= 15 is 0 Å². The number of likely N-dealkylation sites (tertiary alicyclic amines) is 1. The first-order chi connectivity index (χ1) is 9.39. The molecule has 2 aliphatic rings. The normalized spacial score (nSPS) is 27.6. The average Bonchev–Trinajstić information content (AvgIpc) is 2.50. The van der Waals surface area contributed by atoms with E-state index in [-0.39, 0.29) is 5.41 Å². The molecule has 19 heavy (non-hydrogen) atoms. The van der Waals surface area contributed by atoms with E-state index in [9.17, 15) is 0 Å². The standard InChI is InChI=1S/C18H23N/c1-4-10-17(11-5-1)18(12-6-2-7-13-18)16-19-14-8-3-9-15-19/h1-2,4-7,10-12H,3,8-9,13-16H2. The van der Waals surface area contributed by atoms with Gasteiger partial charge in [-0.1, -0.05) is 61.1 Å². The quantitative estimate of drug-likeness (QED) is 0.789. The first kappa shape index (κ1) is 12.7. The van der Waals surface area contributed by atoms with Crippen LogP contribution in [-0.2, 0) is 5.41 Å². The van der Waals surface area contributed by atoms with E-state index in [1.807, 2.05) is 0 Å². The summed E-state index contributed by atoms with van der Waals surface area (Å²) in [5.74, 6) is 0. The van der Waals surface area contributed by atoms with Crippen LogP contribution in [-0.4, -0.2) is 24.5 Å². The summed E-state index contributed by atoms with van der Waals surface area (Å²) in [7, 11) is 0. The predicted octanol–water partition coefficient (Wildman–Crippen LogP) is 3.93. The minimum Gasteiger partial charge on any atom is -0.302 e. The summed E-state index contributed by atoms with van der Waals surface area (Å²) in [4.78, 5) is 2.65. The Labute approximate surface area is 116 Å². The highest BCUT2D eigenvalue weighted by Crippen LogP contribution is 2.34. The first-order valence-electron chi connectivity index (χ1n) is 7.51. The number of hydrogen-bond acceptors (Lipinski definition) is 1. The molecule has 1 aromatic carbocycles. The van der Waals surface area contributed by atoms with Crippen LogP contribution in [0.3, 0.4) is 0 Å². The topological polar surface area (TPSA) is 3.24 Å². The van der Waals surface area contributed by atoms with E-state index < -0.39 is 0 Å². The van der Waals surface area contributed by atoms with Gasteiger partial charge in [-0.2, -0.15) is 0 Å². The van der Waals surface area contributed by atoms with Crippen molar-refractivity contribution in [1.29, 1.82) is 0 Å². The van der Waals surface area contributed by atoms with Gasteiger partial charge in [-0.05, 0) is 37.9 Å². The molecule has 1 fully saturated rings. The first-order valence-corrected chi connectivity index (χ1v) is 7.51. The second-order valence-electron chi connectivity index (χ2n) is 5.85. The van der Waals surface area contributed by atoms with Crippen molar-refractivity contribution in [3.05, 3.63) is 60.2 Å². The lowest BCUT2D eigenvalue weighted by Crippen LogP contribution is -2.42. The molecule has 1 aliphatic carbocycles. The molecule has 0 spiro atoms. The molecule has 1 aromatic rings. The van der Waals surface area contributed by atoms with Gasteiger partial charge in [0.1, 0.15) is 0 Å². The van der Waals surface area contributed by atoms with Crippen LogP contribution in [0.1, 0.15) is 31.2 Å². The molecule has 0 saturated carbocycles. The van der Waals surface area contributed by atoms with Gasteiger partial charge in [-0.3, -0.25) is 0 Å². The van der Waals surface area contributed by atoms with Crippen LogP contribution < -0.4 is 0 Å². The van der Waals surface area contributed by atoms with E-state index in [0.29, 0.717) is 0 Å². The zero-order valence-electron chi connectivity index (χ0n) is 11.6. The smallest absolute Gasteiger partial charge is 0.0297 e. The summed E-state index contributed by atoms with van der Waals surface area (Å²) in [6.45, 7) is 3.70. The fourth-order valence-electron chi connectivity index (χ4n) is 3.37. The minimum atomic E-state index is 0.188. The fraction of sp³-hybridized carbons (Fsp3) is 0.444. The summed E-state index contributed by atoms with van der Waals surface area (Å²) in [6, 6.07) is 11.0. The van der Waals surface area contributed by atoms with Crippen molar-refractivity contribution in [1.82, 2.24) is 4.90 Å². The van der Waals surface area contributed by atoms with Gasteiger partial charge >= 0.3 is 0 Å². The van der Waals surface area contributed by atoms with Gasteiger partial charge in [0.05, 0.1) is 0 Å². The zero-order chi connectivity index (χ0) is 13.0. The molecule has 0 aromatic heterocycles. The Hall–Kier alpha value is -1.34. The van der Waals surface area contributed by atoms with Crippen LogP contribution in [0, 0.1) is 0 Å². The van der Waals surface area contributed by atoms with Crippen LogP contribution in [0.4, 0.5) is 0 Å². The average molecular weight is 253 g/mol. The van der Waals surface area contributed by atoms with Gasteiger partial charge in [0, 0.05) is 12.0 Å². The second kappa shape index (κ2) is 5.75. The molecule has 1 aliphatic heterocycles. The van der Waals surface area contributed by atoms with Crippen molar-refractivity contribution >= 4 is 0 Å². The molecule has 1 atom stereocenters. The Morgan fingerprint density at radius 3 is 2.42 bits per heavy atom. The Kier molecular flexibility index (Phi) is 3.84. The third kappa shape index (κ3) is 2.82. The number of nitrogens with zero attached hydrogens (tertiary/aromatic N) is 1. The Morgan fingerprint density at radius 1 is 0.947 bits per heavy atom. The largest absolute Gasteiger partial charge is 0.302 e.